The predicted octanol–water partition coefficient (Wildman–Crippen LogP) is 8.83. The molecule has 150 valence electrons. The first-order chi connectivity index (χ1) is 14.5. The molecule has 0 N–H and O–H groups in total. The zero-order valence-corrected chi connectivity index (χ0v) is 18.8. The molecule has 0 radical (unpaired) electrons. The molecule has 0 bridgehead atoms. The molecule has 0 heterocycles. The summed E-state index contributed by atoms with van der Waals surface area (Å²) >= 11 is 0. The largest absolute Gasteiger partial charge is 0.0654 e. The van der Waals surface area contributed by atoms with E-state index in [1.807, 2.05) is 0 Å². The van der Waals surface area contributed by atoms with Crippen molar-refractivity contribution in [3.8, 4) is 11.1 Å². The van der Waals surface area contributed by atoms with E-state index >= 15 is 0 Å². The summed E-state index contributed by atoms with van der Waals surface area (Å²) in [6.07, 6.45) is 3.64. The Morgan fingerprint density at radius 2 is 1.27 bits per heavy atom. The minimum absolute atomic E-state index is 1.16. The molecule has 0 heteroatoms. The Morgan fingerprint density at radius 3 is 1.97 bits per heavy atom. The third-order valence-electron chi connectivity index (χ3n) is 6.62. The minimum atomic E-state index is 1.16. The van der Waals surface area contributed by atoms with Gasteiger partial charge in [0.25, 0.3) is 0 Å². The lowest BCUT2D eigenvalue weighted by Crippen LogP contribution is -1.95. The van der Waals surface area contributed by atoms with Crippen LogP contribution in [0.15, 0.2) is 54.6 Å². The van der Waals surface area contributed by atoms with Crippen molar-refractivity contribution in [3.63, 3.8) is 0 Å². The highest BCUT2D eigenvalue weighted by Crippen LogP contribution is 2.43. The molecule has 0 saturated heterocycles. The third-order valence-corrected chi connectivity index (χ3v) is 6.62. The highest BCUT2D eigenvalue weighted by Gasteiger charge is 2.17. The molecule has 5 rings (SSSR count). The fourth-order valence-corrected chi connectivity index (χ4v) is 5.47. The summed E-state index contributed by atoms with van der Waals surface area (Å²) in [4.78, 5) is 0. The molecule has 0 atom stereocenters. The first-order valence-corrected chi connectivity index (χ1v) is 11.3. The Kier molecular flexibility index (Phi) is 4.54. The Balaban J connectivity index is 1.94. The van der Waals surface area contributed by atoms with E-state index in [0.717, 1.165) is 6.42 Å². The fourth-order valence-electron chi connectivity index (χ4n) is 5.47. The third kappa shape index (κ3) is 2.98. The second-order valence-corrected chi connectivity index (χ2v) is 9.19. The normalized spacial score (nSPS) is 11.9. The van der Waals surface area contributed by atoms with E-state index in [1.54, 1.807) is 0 Å². The lowest BCUT2D eigenvalue weighted by Gasteiger charge is -2.19. The molecule has 0 aliphatic carbocycles. The van der Waals surface area contributed by atoms with Crippen molar-refractivity contribution in [1.29, 1.82) is 0 Å². The molecule has 0 aromatic heterocycles. The molecule has 0 amide bonds. The quantitative estimate of drug-likeness (QED) is 0.269. The van der Waals surface area contributed by atoms with Crippen LogP contribution in [0.25, 0.3) is 43.4 Å². The van der Waals surface area contributed by atoms with Gasteiger partial charge in [-0.2, -0.15) is 0 Å². The van der Waals surface area contributed by atoms with E-state index in [1.165, 1.54) is 84.1 Å². The van der Waals surface area contributed by atoms with Gasteiger partial charge < -0.3 is 0 Å². The smallest absolute Gasteiger partial charge is 0.00204 e. The maximum atomic E-state index is 2.46. The molecule has 0 saturated carbocycles. The number of rotatable bonds is 4. The summed E-state index contributed by atoms with van der Waals surface area (Å²) in [7, 11) is 0. The highest BCUT2D eigenvalue weighted by molar-refractivity contribution is 6.26. The van der Waals surface area contributed by atoms with Crippen molar-refractivity contribution in [2.45, 2.75) is 53.9 Å². The first-order valence-electron chi connectivity index (χ1n) is 11.3. The molecule has 0 nitrogen and oxygen atoms in total. The fraction of sp³-hybridized carbons (Fsp3) is 0.267. The summed E-state index contributed by atoms with van der Waals surface area (Å²) in [5.74, 6) is 0. The molecule has 0 unspecified atom stereocenters. The lowest BCUT2D eigenvalue weighted by atomic mass is 9.84. The van der Waals surface area contributed by atoms with Crippen LogP contribution in [0, 0.1) is 27.7 Å². The van der Waals surface area contributed by atoms with Crippen LogP contribution >= 0.6 is 0 Å². The van der Waals surface area contributed by atoms with E-state index in [9.17, 15) is 0 Å². The first kappa shape index (κ1) is 19.1. The molecule has 0 aliphatic heterocycles. The number of hydrogen-bond acceptors (Lipinski definition) is 0. The average molecular weight is 391 g/mol. The summed E-state index contributed by atoms with van der Waals surface area (Å²) in [5.41, 5.74) is 9.64. The van der Waals surface area contributed by atoms with Crippen LogP contribution in [0.1, 0.15) is 47.6 Å². The summed E-state index contributed by atoms with van der Waals surface area (Å²) in [5, 5.41) is 8.35. The number of benzene rings is 5. The van der Waals surface area contributed by atoms with Gasteiger partial charge in [-0.05, 0) is 112 Å². The van der Waals surface area contributed by atoms with E-state index in [2.05, 4.69) is 89.2 Å². The zero-order valence-electron chi connectivity index (χ0n) is 18.8. The maximum Gasteiger partial charge on any atom is -0.00204 e. The van der Waals surface area contributed by atoms with E-state index in [0.29, 0.717) is 0 Å². The minimum Gasteiger partial charge on any atom is -0.0654 e. The molecule has 5 aromatic rings. The van der Waals surface area contributed by atoms with E-state index in [-0.39, 0.29) is 0 Å². The molecule has 5 aromatic carbocycles. The van der Waals surface area contributed by atoms with Crippen LogP contribution in [0.4, 0.5) is 0 Å². The summed E-state index contributed by atoms with van der Waals surface area (Å²) < 4.78 is 0. The van der Waals surface area contributed by atoms with Gasteiger partial charge in [0.15, 0.2) is 0 Å². The van der Waals surface area contributed by atoms with Crippen LogP contribution < -0.4 is 0 Å². The van der Waals surface area contributed by atoms with Gasteiger partial charge in [-0.25, -0.2) is 0 Å². The van der Waals surface area contributed by atoms with Gasteiger partial charge in [0.1, 0.15) is 0 Å². The molecule has 0 fully saturated rings. The van der Waals surface area contributed by atoms with Crippen LogP contribution in [-0.2, 0) is 6.42 Å². The molecular formula is C30H30. The second-order valence-electron chi connectivity index (χ2n) is 9.19. The summed E-state index contributed by atoms with van der Waals surface area (Å²) in [6.45, 7) is 11.2. The van der Waals surface area contributed by atoms with Crippen molar-refractivity contribution in [1.82, 2.24) is 0 Å². The van der Waals surface area contributed by atoms with Crippen LogP contribution in [0.5, 0.6) is 0 Å². The van der Waals surface area contributed by atoms with Crippen molar-refractivity contribution in [3.05, 3.63) is 82.4 Å². The van der Waals surface area contributed by atoms with Crippen molar-refractivity contribution in [2.24, 2.45) is 0 Å². The monoisotopic (exact) mass is 390 g/mol. The van der Waals surface area contributed by atoms with Gasteiger partial charge >= 0.3 is 0 Å². The maximum absolute atomic E-state index is 2.46. The SMILES string of the molecule is CCCCc1cc2ccc3cc(C)cc4c(-c5c(C)cc(C)cc5C)cc(c1)c2c34. The standard InChI is InChI=1S/C30H30/c1-6-7-8-22-15-24-10-9-23-13-19(3)14-26-27(17-25(16-22)29(24)30(23)26)28-20(4)11-18(2)12-21(28)5/h9-17H,6-8H2,1-5H3. The van der Waals surface area contributed by atoms with Crippen LogP contribution in [0.3, 0.4) is 0 Å². The second kappa shape index (κ2) is 7.13. The zero-order chi connectivity index (χ0) is 21.0. The Labute approximate surface area is 179 Å². The van der Waals surface area contributed by atoms with Gasteiger partial charge in [0.05, 0.1) is 0 Å². The van der Waals surface area contributed by atoms with Gasteiger partial charge in [0.2, 0.25) is 0 Å². The highest BCUT2D eigenvalue weighted by atomic mass is 14.2. The average Bonchev–Trinajstić information content (AvgIpc) is 2.69. The predicted molar refractivity (Wildman–Crippen MR) is 133 cm³/mol. The number of hydrogen-bond donors (Lipinski definition) is 0. The van der Waals surface area contributed by atoms with Crippen molar-refractivity contribution < 1.29 is 0 Å². The molecule has 30 heavy (non-hydrogen) atoms. The van der Waals surface area contributed by atoms with E-state index in [4.69, 9.17) is 0 Å². The molecule has 0 spiro atoms. The van der Waals surface area contributed by atoms with Gasteiger partial charge in [-0.15, -0.1) is 0 Å². The van der Waals surface area contributed by atoms with Crippen LogP contribution in [-0.4, -0.2) is 0 Å². The Hall–Kier alpha value is -2.86. The van der Waals surface area contributed by atoms with E-state index < -0.39 is 0 Å². The van der Waals surface area contributed by atoms with Crippen LogP contribution in [0.2, 0.25) is 0 Å². The Morgan fingerprint density at radius 1 is 0.633 bits per heavy atom. The number of unbranched alkanes of at least 4 members (excludes halogenated alkanes) is 1. The topological polar surface area (TPSA) is 0 Å². The molecule has 0 aliphatic rings. The van der Waals surface area contributed by atoms with Crippen molar-refractivity contribution >= 4 is 32.3 Å². The molecular weight excluding hydrogens is 360 g/mol. The lowest BCUT2D eigenvalue weighted by molar-refractivity contribution is 0.796. The van der Waals surface area contributed by atoms with Gasteiger partial charge in [-0.1, -0.05) is 67.4 Å². The van der Waals surface area contributed by atoms with Gasteiger partial charge in [0, 0.05) is 0 Å². The summed E-state index contributed by atoms with van der Waals surface area (Å²) in [6, 6.07) is 21.3. The Bertz CT molecular complexity index is 1380. The van der Waals surface area contributed by atoms with Gasteiger partial charge in [-0.3, -0.25) is 0 Å². The van der Waals surface area contributed by atoms with Crippen molar-refractivity contribution in [2.75, 3.05) is 0 Å². The number of aryl methyl sites for hydroxylation is 5.